The number of pyridine rings is 4. The molecule has 0 saturated heterocycles. The molecular weight excluding hydrogens is 818 g/mol. The van der Waals surface area contributed by atoms with Crippen LogP contribution in [-0.2, 0) is 17.9 Å². The number of nitrogens with zero attached hydrogens (tertiary/aromatic N) is 5. The number of carbonyl (C=O) groups excluding carboxylic acids is 2. The number of benzene rings is 3. The quantitative estimate of drug-likeness (QED) is 0.0843. The molecule has 11 nitrogen and oxygen atoms in total. The lowest BCUT2D eigenvalue weighted by molar-refractivity contribution is -0.0758. The highest BCUT2D eigenvalue weighted by atomic mass is 79.9. The summed E-state index contributed by atoms with van der Waals surface area (Å²) >= 11 is 6.74. The number of ether oxygens (including phenoxy) is 1. The van der Waals surface area contributed by atoms with Crippen LogP contribution < -0.4 is 15.6 Å². The van der Waals surface area contributed by atoms with Crippen LogP contribution in [0.4, 0.5) is 0 Å². The maximum atomic E-state index is 13.1. The van der Waals surface area contributed by atoms with Gasteiger partial charge < -0.3 is 13.9 Å². The van der Waals surface area contributed by atoms with Crippen molar-refractivity contribution in [2.24, 2.45) is 0 Å². The highest BCUT2D eigenvalue weighted by Gasteiger charge is 2.20. The predicted molar refractivity (Wildman–Crippen MR) is 214 cm³/mol. The number of ketones is 1. The molecule has 0 aliphatic rings. The zero-order chi connectivity index (χ0) is 38.4. The molecule has 0 saturated carbocycles. The number of carbonyl (C=O) groups is 2. The van der Waals surface area contributed by atoms with Crippen molar-refractivity contribution in [1.29, 1.82) is 0 Å². The van der Waals surface area contributed by atoms with Gasteiger partial charge in [0.1, 0.15) is 20.5 Å². The van der Waals surface area contributed by atoms with Gasteiger partial charge in [0, 0.05) is 35.8 Å². The number of hydrogen-bond donors (Lipinski definition) is 0. The van der Waals surface area contributed by atoms with Crippen molar-refractivity contribution in [2.45, 2.75) is 13.1 Å². The van der Waals surface area contributed by atoms with Crippen LogP contribution in [-0.4, -0.2) is 57.1 Å². The summed E-state index contributed by atoms with van der Waals surface area (Å²) in [4.78, 5) is 65.2. The SMILES string of the molecule is CON(C)C(=O)c1cn(Cc2cccc(Br)n2)c2ccccc2c1=O.COc1cccc(C(=O)c2cn(Cc3cccc(Br)n3)c3ccccc3c2=O)c1. The molecule has 0 spiro atoms. The Morgan fingerprint density at radius 2 is 1.17 bits per heavy atom. The molecule has 7 rings (SSSR count). The Balaban J connectivity index is 0.000000186. The summed E-state index contributed by atoms with van der Waals surface area (Å²) in [5.41, 5.74) is 3.09. The molecule has 1 amide bonds. The number of hydroxylamine groups is 2. The topological polar surface area (TPSA) is 126 Å². The Labute approximate surface area is 326 Å². The summed E-state index contributed by atoms with van der Waals surface area (Å²) in [5, 5.41) is 2.01. The van der Waals surface area contributed by atoms with Gasteiger partial charge in [-0.05, 0) is 92.5 Å². The van der Waals surface area contributed by atoms with Crippen molar-refractivity contribution in [3.63, 3.8) is 0 Å². The largest absolute Gasteiger partial charge is 0.497 e. The first-order chi connectivity index (χ1) is 26.1. The highest BCUT2D eigenvalue weighted by Crippen LogP contribution is 2.20. The summed E-state index contributed by atoms with van der Waals surface area (Å²) in [5.74, 6) is -0.264. The number of aromatic nitrogens is 4. The van der Waals surface area contributed by atoms with E-state index in [9.17, 15) is 19.2 Å². The lowest BCUT2D eigenvalue weighted by atomic mass is 10.0. The minimum atomic E-state index is -0.491. The molecule has 0 radical (unpaired) electrons. The molecule has 0 unspecified atom stereocenters. The van der Waals surface area contributed by atoms with Crippen LogP contribution in [0.5, 0.6) is 5.75 Å². The van der Waals surface area contributed by atoms with Gasteiger partial charge in [0.15, 0.2) is 5.78 Å². The first-order valence-corrected chi connectivity index (χ1v) is 18.1. The lowest BCUT2D eigenvalue weighted by Crippen LogP contribution is -2.31. The Morgan fingerprint density at radius 3 is 1.69 bits per heavy atom. The van der Waals surface area contributed by atoms with Gasteiger partial charge in [-0.25, -0.2) is 15.0 Å². The minimum Gasteiger partial charge on any atom is -0.497 e. The molecule has 7 aromatic rings. The van der Waals surface area contributed by atoms with Crippen molar-refractivity contribution in [3.05, 3.63) is 179 Å². The minimum absolute atomic E-state index is 0.0537. The fourth-order valence-corrected chi connectivity index (χ4v) is 6.62. The van der Waals surface area contributed by atoms with E-state index in [1.54, 1.807) is 60.9 Å². The van der Waals surface area contributed by atoms with Crippen LogP contribution in [0, 0.1) is 0 Å². The molecule has 0 bridgehead atoms. The van der Waals surface area contributed by atoms with E-state index in [1.807, 2.05) is 69.8 Å². The molecule has 0 atom stereocenters. The van der Waals surface area contributed by atoms with Gasteiger partial charge in [-0.3, -0.25) is 24.0 Å². The number of amides is 1. The van der Waals surface area contributed by atoms with Gasteiger partial charge in [0.05, 0.1) is 55.3 Å². The Morgan fingerprint density at radius 1 is 0.667 bits per heavy atom. The number of halogens is 2. The van der Waals surface area contributed by atoms with E-state index in [0.29, 0.717) is 35.2 Å². The van der Waals surface area contributed by atoms with Gasteiger partial charge in [0.25, 0.3) is 5.91 Å². The normalized spacial score (nSPS) is 10.8. The second-order valence-corrected chi connectivity index (χ2v) is 13.6. The van der Waals surface area contributed by atoms with Crippen LogP contribution in [0.2, 0.25) is 0 Å². The first kappa shape index (κ1) is 38.0. The average Bonchev–Trinajstić information content (AvgIpc) is 3.19. The monoisotopic (exact) mass is 849 g/mol. The molecule has 3 aromatic carbocycles. The van der Waals surface area contributed by atoms with Crippen LogP contribution >= 0.6 is 31.9 Å². The van der Waals surface area contributed by atoms with Gasteiger partial charge in [0.2, 0.25) is 10.9 Å². The molecular formula is C41H33Br2N5O6. The van der Waals surface area contributed by atoms with Gasteiger partial charge in [-0.1, -0.05) is 48.5 Å². The number of methoxy groups -OCH3 is 1. The van der Waals surface area contributed by atoms with E-state index >= 15 is 0 Å². The smallest absolute Gasteiger partial charge is 0.282 e. The molecule has 0 aliphatic heterocycles. The van der Waals surface area contributed by atoms with Crippen LogP contribution in [0.25, 0.3) is 21.8 Å². The van der Waals surface area contributed by atoms with Crippen molar-refractivity contribution >= 4 is 65.4 Å². The van der Waals surface area contributed by atoms with Crippen molar-refractivity contribution < 1.29 is 19.2 Å². The third kappa shape index (κ3) is 8.38. The molecule has 4 aromatic heterocycles. The number of hydrogen-bond acceptors (Lipinski definition) is 8. The van der Waals surface area contributed by atoms with Crippen LogP contribution in [0.3, 0.4) is 0 Å². The van der Waals surface area contributed by atoms with E-state index in [1.165, 1.54) is 21.3 Å². The first-order valence-electron chi connectivity index (χ1n) is 16.6. The number of fused-ring (bicyclic) bond motifs is 2. The zero-order valence-electron chi connectivity index (χ0n) is 29.4. The Hall–Kier alpha value is -5.76. The summed E-state index contributed by atoms with van der Waals surface area (Å²) in [6, 6.07) is 32.6. The highest BCUT2D eigenvalue weighted by molar-refractivity contribution is 9.10. The van der Waals surface area contributed by atoms with Gasteiger partial charge >= 0.3 is 0 Å². The van der Waals surface area contributed by atoms with Gasteiger partial charge in [-0.2, -0.15) is 0 Å². The summed E-state index contributed by atoms with van der Waals surface area (Å²) < 4.78 is 10.4. The van der Waals surface area contributed by atoms with E-state index in [-0.39, 0.29) is 27.8 Å². The molecule has 13 heteroatoms. The summed E-state index contributed by atoms with van der Waals surface area (Å²) in [6.45, 7) is 0.857. The summed E-state index contributed by atoms with van der Waals surface area (Å²) in [6.07, 6.45) is 3.18. The maximum Gasteiger partial charge on any atom is 0.282 e. The number of para-hydroxylation sites is 2. The van der Waals surface area contributed by atoms with Gasteiger partial charge in [-0.15, -0.1) is 0 Å². The third-order valence-corrected chi connectivity index (χ3v) is 9.44. The Kier molecular flexibility index (Phi) is 11.9. The third-order valence-electron chi connectivity index (χ3n) is 8.55. The second-order valence-electron chi connectivity index (χ2n) is 12.0. The molecule has 272 valence electrons. The van der Waals surface area contributed by atoms with E-state index < -0.39 is 5.91 Å². The molecule has 54 heavy (non-hydrogen) atoms. The average molecular weight is 852 g/mol. The zero-order valence-corrected chi connectivity index (χ0v) is 32.6. The second kappa shape index (κ2) is 16.9. The van der Waals surface area contributed by atoms with Crippen molar-refractivity contribution in [2.75, 3.05) is 21.3 Å². The number of rotatable bonds is 9. The van der Waals surface area contributed by atoms with E-state index in [0.717, 1.165) is 36.7 Å². The Bertz CT molecular complexity index is 2640. The lowest BCUT2D eigenvalue weighted by Gasteiger charge is -2.16. The standard InChI is InChI=1S/C23H17BrN2O3.C18H16BrN3O3/c1-29-17-8-4-6-15(12-17)22(27)19-14-26(13-16-7-5-11-21(24)25-16)20-10-3-2-9-18(20)23(19)28;1-21(25-2)18(24)14-11-22(10-12-6-5-9-16(19)20-12)15-8-4-3-7-13(15)17(14)23/h2-12,14H,13H2,1H3;3-9,11H,10H2,1-2H3. The van der Waals surface area contributed by atoms with E-state index in [4.69, 9.17) is 9.57 Å². The predicted octanol–water partition coefficient (Wildman–Crippen LogP) is 7.29. The van der Waals surface area contributed by atoms with Crippen molar-refractivity contribution in [3.8, 4) is 5.75 Å². The summed E-state index contributed by atoms with van der Waals surface area (Å²) in [7, 11) is 4.39. The molecule has 0 N–H and O–H groups in total. The van der Waals surface area contributed by atoms with Crippen LogP contribution in [0.1, 0.15) is 37.7 Å². The maximum absolute atomic E-state index is 13.1. The van der Waals surface area contributed by atoms with Crippen molar-refractivity contribution in [1.82, 2.24) is 24.2 Å². The molecule has 0 aliphatic carbocycles. The fourth-order valence-electron chi connectivity index (χ4n) is 5.86. The molecule has 4 heterocycles. The van der Waals surface area contributed by atoms with Crippen LogP contribution in [0.15, 0.2) is 140 Å². The fraction of sp³-hybridized carbons (Fsp3) is 0.122. The van der Waals surface area contributed by atoms with E-state index in [2.05, 4.69) is 41.8 Å². The molecule has 0 fully saturated rings.